The van der Waals surface area contributed by atoms with Crippen LogP contribution in [-0.4, -0.2) is 12.2 Å². The highest BCUT2D eigenvalue weighted by molar-refractivity contribution is 5.43. The minimum atomic E-state index is -0.226. The van der Waals surface area contributed by atoms with Crippen LogP contribution in [0.25, 0.3) is 0 Å². The molecule has 3 nitrogen and oxygen atoms in total. The number of nitrogens with two attached hydrogens (primary N) is 1. The predicted molar refractivity (Wildman–Crippen MR) is 65.9 cm³/mol. The minimum Gasteiger partial charge on any atom is -0.490 e. The van der Waals surface area contributed by atoms with Crippen LogP contribution in [0.15, 0.2) is 18.2 Å². The lowest BCUT2D eigenvalue weighted by molar-refractivity contribution is 0.124. The van der Waals surface area contributed by atoms with Gasteiger partial charge in [-0.15, -0.1) is 0 Å². The Balaban J connectivity index is 2.98. The molecule has 90 valence electrons. The van der Waals surface area contributed by atoms with E-state index < -0.39 is 0 Å². The fourth-order valence-corrected chi connectivity index (χ4v) is 1.36. The Morgan fingerprint density at radius 1 is 1.19 bits per heavy atom. The summed E-state index contributed by atoms with van der Waals surface area (Å²) >= 11 is 0. The van der Waals surface area contributed by atoms with Crippen molar-refractivity contribution in [3.8, 4) is 11.5 Å². The Hall–Kier alpha value is -1.22. The molecule has 0 saturated heterocycles. The molecule has 1 rings (SSSR count). The fraction of sp³-hybridized carbons (Fsp3) is 0.538. The Kier molecular flexibility index (Phi) is 4.19. The zero-order chi connectivity index (χ0) is 12.2. The van der Waals surface area contributed by atoms with Gasteiger partial charge in [0.2, 0.25) is 0 Å². The molecule has 0 amide bonds. The molecule has 0 unspecified atom stereocenters. The maximum absolute atomic E-state index is 5.82. The molecular weight excluding hydrogens is 202 g/mol. The first-order valence-corrected chi connectivity index (χ1v) is 5.61. The van der Waals surface area contributed by atoms with E-state index in [4.69, 9.17) is 15.2 Å². The molecule has 0 fully saturated rings. The van der Waals surface area contributed by atoms with Crippen molar-refractivity contribution in [2.45, 2.75) is 39.8 Å². The number of ether oxygens (including phenoxy) is 2. The van der Waals surface area contributed by atoms with Gasteiger partial charge in [0.25, 0.3) is 0 Å². The van der Waals surface area contributed by atoms with Gasteiger partial charge in [0.15, 0.2) is 11.5 Å². The molecule has 0 aliphatic rings. The Morgan fingerprint density at radius 3 is 2.38 bits per heavy atom. The van der Waals surface area contributed by atoms with Crippen molar-refractivity contribution in [2.75, 3.05) is 6.61 Å². The van der Waals surface area contributed by atoms with Gasteiger partial charge < -0.3 is 15.2 Å². The van der Waals surface area contributed by atoms with Crippen LogP contribution in [0.1, 0.15) is 33.3 Å². The molecule has 1 aromatic carbocycles. The average molecular weight is 223 g/mol. The van der Waals surface area contributed by atoms with Gasteiger partial charge >= 0.3 is 0 Å². The molecule has 1 aromatic rings. The Labute approximate surface area is 97.6 Å². The molecule has 0 atom stereocenters. The topological polar surface area (TPSA) is 44.5 Å². The summed E-state index contributed by atoms with van der Waals surface area (Å²) in [7, 11) is 0. The van der Waals surface area contributed by atoms with Crippen LogP contribution in [0.3, 0.4) is 0 Å². The van der Waals surface area contributed by atoms with Crippen molar-refractivity contribution in [2.24, 2.45) is 5.73 Å². The van der Waals surface area contributed by atoms with Crippen LogP contribution in [-0.2, 0) is 6.54 Å². The predicted octanol–water partition coefficient (Wildman–Crippen LogP) is 2.72. The number of hydrogen-bond acceptors (Lipinski definition) is 3. The highest BCUT2D eigenvalue weighted by atomic mass is 16.5. The molecule has 16 heavy (non-hydrogen) atoms. The molecule has 3 heteroatoms. The molecule has 2 N–H and O–H groups in total. The quantitative estimate of drug-likeness (QED) is 0.853. The van der Waals surface area contributed by atoms with Crippen molar-refractivity contribution in [3.05, 3.63) is 23.8 Å². The molecule has 0 spiro atoms. The number of rotatable bonds is 4. The summed E-state index contributed by atoms with van der Waals surface area (Å²) in [5, 5.41) is 0. The van der Waals surface area contributed by atoms with Crippen LogP contribution in [0.2, 0.25) is 0 Å². The number of hydrogen-bond donors (Lipinski definition) is 1. The summed E-state index contributed by atoms with van der Waals surface area (Å²) < 4.78 is 11.4. The van der Waals surface area contributed by atoms with Gasteiger partial charge in [0.05, 0.1) is 6.61 Å². The maximum atomic E-state index is 5.82. The van der Waals surface area contributed by atoms with Crippen molar-refractivity contribution in [1.82, 2.24) is 0 Å². The van der Waals surface area contributed by atoms with Gasteiger partial charge in [0.1, 0.15) is 5.60 Å². The molecule has 0 saturated carbocycles. The lowest BCUT2D eigenvalue weighted by Crippen LogP contribution is -2.23. The molecular formula is C13H21NO2. The standard InChI is InChI=1S/C13H21NO2/c1-5-15-12-8-10(9-14)6-7-11(12)16-13(2,3)4/h6-8H,5,9,14H2,1-4H3. The van der Waals surface area contributed by atoms with Crippen LogP contribution in [0.5, 0.6) is 11.5 Å². The summed E-state index contributed by atoms with van der Waals surface area (Å²) in [4.78, 5) is 0. The third-order valence-corrected chi connectivity index (χ3v) is 1.96. The van der Waals surface area contributed by atoms with Gasteiger partial charge in [-0.2, -0.15) is 0 Å². The molecule has 0 aliphatic heterocycles. The van der Waals surface area contributed by atoms with E-state index in [9.17, 15) is 0 Å². The minimum absolute atomic E-state index is 0.226. The van der Waals surface area contributed by atoms with Gasteiger partial charge in [-0.05, 0) is 45.4 Å². The van der Waals surface area contributed by atoms with E-state index in [1.54, 1.807) is 0 Å². The zero-order valence-electron chi connectivity index (χ0n) is 10.5. The van der Waals surface area contributed by atoms with Crippen molar-refractivity contribution in [1.29, 1.82) is 0 Å². The lowest BCUT2D eigenvalue weighted by atomic mass is 10.1. The second-order valence-electron chi connectivity index (χ2n) is 4.63. The first kappa shape index (κ1) is 12.8. The Morgan fingerprint density at radius 2 is 1.88 bits per heavy atom. The second-order valence-corrected chi connectivity index (χ2v) is 4.63. The second kappa shape index (κ2) is 5.21. The van der Waals surface area contributed by atoms with Gasteiger partial charge in [-0.1, -0.05) is 6.07 Å². The van der Waals surface area contributed by atoms with E-state index in [0.717, 1.165) is 17.1 Å². The van der Waals surface area contributed by atoms with Crippen LogP contribution < -0.4 is 15.2 Å². The first-order chi connectivity index (χ1) is 7.46. The average Bonchev–Trinajstić information content (AvgIpc) is 2.19. The third kappa shape index (κ3) is 3.74. The van der Waals surface area contributed by atoms with Gasteiger partial charge in [-0.25, -0.2) is 0 Å². The molecule has 0 radical (unpaired) electrons. The summed E-state index contributed by atoms with van der Waals surface area (Å²) in [6.07, 6.45) is 0. The molecule has 0 aromatic heterocycles. The number of benzene rings is 1. The monoisotopic (exact) mass is 223 g/mol. The smallest absolute Gasteiger partial charge is 0.161 e. The maximum Gasteiger partial charge on any atom is 0.161 e. The van der Waals surface area contributed by atoms with E-state index in [1.165, 1.54) is 0 Å². The molecule has 0 bridgehead atoms. The van der Waals surface area contributed by atoms with E-state index >= 15 is 0 Å². The highest BCUT2D eigenvalue weighted by Gasteiger charge is 2.15. The summed E-state index contributed by atoms with van der Waals surface area (Å²) in [5.41, 5.74) is 6.42. The SMILES string of the molecule is CCOc1cc(CN)ccc1OC(C)(C)C. The summed E-state index contributed by atoms with van der Waals surface area (Å²) in [5.74, 6) is 1.53. The molecule has 0 heterocycles. The van der Waals surface area contributed by atoms with E-state index in [1.807, 2.05) is 45.9 Å². The third-order valence-electron chi connectivity index (χ3n) is 1.96. The molecule has 0 aliphatic carbocycles. The first-order valence-electron chi connectivity index (χ1n) is 5.61. The Bertz CT molecular complexity index is 342. The van der Waals surface area contributed by atoms with E-state index in [0.29, 0.717) is 13.2 Å². The normalized spacial score (nSPS) is 11.3. The highest BCUT2D eigenvalue weighted by Crippen LogP contribution is 2.31. The van der Waals surface area contributed by atoms with E-state index in [-0.39, 0.29) is 5.60 Å². The van der Waals surface area contributed by atoms with Gasteiger partial charge in [0, 0.05) is 6.54 Å². The summed E-state index contributed by atoms with van der Waals surface area (Å²) in [6.45, 7) is 9.12. The van der Waals surface area contributed by atoms with Gasteiger partial charge in [-0.3, -0.25) is 0 Å². The van der Waals surface area contributed by atoms with Crippen molar-refractivity contribution < 1.29 is 9.47 Å². The fourth-order valence-electron chi connectivity index (χ4n) is 1.36. The van der Waals surface area contributed by atoms with Crippen molar-refractivity contribution >= 4 is 0 Å². The zero-order valence-corrected chi connectivity index (χ0v) is 10.5. The lowest BCUT2D eigenvalue weighted by Gasteiger charge is -2.23. The van der Waals surface area contributed by atoms with E-state index in [2.05, 4.69) is 0 Å². The summed E-state index contributed by atoms with van der Waals surface area (Å²) in [6, 6.07) is 5.81. The largest absolute Gasteiger partial charge is 0.490 e. The van der Waals surface area contributed by atoms with Crippen LogP contribution >= 0.6 is 0 Å². The van der Waals surface area contributed by atoms with Crippen molar-refractivity contribution in [3.63, 3.8) is 0 Å². The van der Waals surface area contributed by atoms with Crippen LogP contribution in [0.4, 0.5) is 0 Å². The van der Waals surface area contributed by atoms with Crippen LogP contribution in [0, 0.1) is 0 Å².